The second kappa shape index (κ2) is 41.9. The van der Waals surface area contributed by atoms with Crippen LogP contribution in [-0.4, -0.2) is 228 Å². The van der Waals surface area contributed by atoms with Crippen LogP contribution in [0, 0.1) is 32.6 Å². The molecule has 0 saturated carbocycles. The number of ether oxygens (including phenoxy) is 4. The van der Waals surface area contributed by atoms with Crippen molar-refractivity contribution in [1.82, 2.24) is 55.6 Å². The van der Waals surface area contributed by atoms with Crippen molar-refractivity contribution in [3.8, 4) is 12.3 Å². The van der Waals surface area contributed by atoms with Gasteiger partial charge in [-0.15, -0.1) is 31.2 Å². The molecule has 12 fully saturated rings. The van der Waals surface area contributed by atoms with Gasteiger partial charge in [-0.3, -0.25) is 19.5 Å². The van der Waals surface area contributed by atoms with E-state index in [-0.39, 0.29) is 48.6 Å². The quantitative estimate of drug-likeness (QED) is 0.0602. The monoisotopic (exact) mass is 1980 g/mol. The molecule has 17 heterocycles. The molecule has 12 aliphatic heterocycles. The Hall–Kier alpha value is -2.94. The number of nitrogens with zero attached hydrogens (tertiary/aromatic N) is 12. The van der Waals surface area contributed by atoms with E-state index in [0.29, 0.717) is 54.8 Å². The molecule has 0 aliphatic carbocycles. The number of aromatic nitrogens is 5. The molecule has 570 valence electrons. The average Bonchev–Trinajstić information content (AvgIpc) is 1.64. The predicted molar refractivity (Wildman–Crippen MR) is 456 cm³/mol. The molecule has 10 bridgehead atoms. The second-order valence-corrected chi connectivity index (χ2v) is 36.4. The zero-order valence-corrected chi connectivity index (χ0v) is 72.7. The van der Waals surface area contributed by atoms with E-state index in [2.05, 4.69) is 236 Å². The number of hydrogen-bond donors (Lipinski definition) is 3. The Morgan fingerprint density at radius 1 is 0.519 bits per heavy atom. The van der Waals surface area contributed by atoms with Gasteiger partial charge < -0.3 is 54.5 Å². The number of carbonyl (C=O) groups excluding carboxylic acids is 2. The number of amides is 1. The zero-order valence-electron chi connectivity index (χ0n) is 60.0. The van der Waals surface area contributed by atoms with Crippen LogP contribution in [0.1, 0.15) is 111 Å². The Bertz CT molecular complexity index is 3450. The largest absolute Gasteiger partial charge is 0.462 e. The molecule has 1 amide bonds. The van der Waals surface area contributed by atoms with Gasteiger partial charge in [-0.2, -0.15) is 4.39 Å². The molecule has 3 N–H and O–H groups in total. The molecule has 0 aromatic carbocycles. The van der Waals surface area contributed by atoms with E-state index in [9.17, 15) is 14.0 Å². The third kappa shape index (κ3) is 25.6. The Morgan fingerprint density at radius 3 is 1.15 bits per heavy atom. The van der Waals surface area contributed by atoms with Crippen molar-refractivity contribution in [3.05, 3.63) is 117 Å². The molecule has 21 nitrogen and oxygen atoms in total. The maximum Gasteiger partial charge on any atom is 0.410 e. The van der Waals surface area contributed by atoms with Crippen LogP contribution >= 0.6 is 115 Å². The van der Waals surface area contributed by atoms with Crippen LogP contribution in [0.5, 0.6) is 0 Å². The molecular formula is C73H100Cl2FI4N15O6S3. The fourth-order valence-corrected chi connectivity index (χ4v) is 16.7. The molecule has 10 unspecified atom stereocenters. The highest BCUT2D eigenvalue weighted by atomic mass is 127. The van der Waals surface area contributed by atoms with Gasteiger partial charge in [0, 0.05) is 196 Å². The lowest BCUT2D eigenvalue weighted by molar-refractivity contribution is -0.138. The Morgan fingerprint density at radius 2 is 0.865 bits per heavy atom. The van der Waals surface area contributed by atoms with E-state index in [0.717, 1.165) is 149 Å². The Kier molecular flexibility index (Phi) is 34.9. The van der Waals surface area contributed by atoms with Crippen molar-refractivity contribution in [3.63, 3.8) is 0 Å². The smallest absolute Gasteiger partial charge is 0.410 e. The summed E-state index contributed by atoms with van der Waals surface area (Å²) in [6.45, 7) is 26.1. The molecule has 0 radical (unpaired) electrons. The van der Waals surface area contributed by atoms with Crippen LogP contribution in [0.15, 0.2) is 91.6 Å². The van der Waals surface area contributed by atoms with Crippen molar-refractivity contribution in [1.29, 1.82) is 0 Å². The molecule has 10 atom stereocenters. The average molecular weight is 1980 g/mol. The van der Waals surface area contributed by atoms with Gasteiger partial charge in [0.15, 0.2) is 0 Å². The Labute approximate surface area is 694 Å². The molecule has 5 aromatic rings. The van der Waals surface area contributed by atoms with Gasteiger partial charge in [0.2, 0.25) is 5.95 Å². The predicted octanol–water partition coefficient (Wildman–Crippen LogP) is 11.1. The van der Waals surface area contributed by atoms with Gasteiger partial charge in [-0.05, 0) is 257 Å². The SMILES string of the molecule is C#Cc1ccc(N2CC3CCC(C2)N3C2COC2)nc1.C1CC2CNCC1N2.CC(C)(C)OC(=O)N1C2CCC1CN(c1ccc(I)cn1)C2.CC(C)(C)OC=O.Cl.Cl.Fc1ccc(I)cn1.Ic1ccc(N2CC3CCC(C2)N3)nc1.Ic1ccc(N2CC3CCC(C2)N3C2COC2)nc1.S=S=S. The summed E-state index contributed by atoms with van der Waals surface area (Å²) in [6, 6.07) is 27.3. The van der Waals surface area contributed by atoms with E-state index in [4.69, 9.17) is 20.6 Å². The second-order valence-electron chi connectivity index (χ2n) is 29.6. The highest BCUT2D eigenvalue weighted by molar-refractivity contribution is 14.1. The molecule has 12 saturated heterocycles. The lowest BCUT2D eigenvalue weighted by Gasteiger charge is -2.47. The number of fused-ring (bicyclic) bond motifs is 10. The molecule has 0 spiro atoms. The lowest BCUT2D eigenvalue weighted by Crippen LogP contribution is -2.62. The van der Waals surface area contributed by atoms with Crippen LogP contribution in [0.2, 0.25) is 0 Å². The number of carbonyl (C=O) groups is 2. The normalized spacial score (nSPS) is 26.0. The summed E-state index contributed by atoms with van der Waals surface area (Å²) in [4.78, 5) is 60.5. The van der Waals surface area contributed by atoms with Gasteiger partial charge in [0.1, 0.15) is 34.5 Å². The molecule has 31 heteroatoms. The summed E-state index contributed by atoms with van der Waals surface area (Å²) in [5.74, 6) is 6.53. The molecule has 104 heavy (non-hydrogen) atoms. The van der Waals surface area contributed by atoms with E-state index >= 15 is 0 Å². The minimum absolute atomic E-state index is 0. The lowest BCUT2D eigenvalue weighted by atomic mass is 10.1. The fourth-order valence-electron chi connectivity index (χ4n) is 15.4. The number of piperazine rings is 5. The first-order valence-corrected chi connectivity index (χ1v) is 42.5. The first-order chi connectivity index (χ1) is 49.0. The summed E-state index contributed by atoms with van der Waals surface area (Å²) in [5.41, 5.74) is 0.0922. The van der Waals surface area contributed by atoms with Crippen LogP contribution in [0.3, 0.4) is 0 Å². The van der Waals surface area contributed by atoms with Gasteiger partial charge in [-0.1, -0.05) is 5.92 Å². The van der Waals surface area contributed by atoms with E-state index in [1.165, 1.54) is 83.9 Å². The van der Waals surface area contributed by atoms with Crippen molar-refractivity contribution < 1.29 is 32.9 Å². The van der Waals surface area contributed by atoms with Gasteiger partial charge in [0.25, 0.3) is 6.47 Å². The highest BCUT2D eigenvalue weighted by Crippen LogP contribution is 2.38. The minimum atomic E-state index is -0.439. The van der Waals surface area contributed by atoms with Crippen LogP contribution < -0.4 is 35.6 Å². The van der Waals surface area contributed by atoms with Gasteiger partial charge in [0.05, 0.1) is 50.6 Å². The number of nitrogens with one attached hydrogen (secondary N) is 3. The maximum atomic E-state index is 12.4. The van der Waals surface area contributed by atoms with Crippen LogP contribution in [-0.2, 0) is 55.0 Å². The first-order valence-electron chi connectivity index (χ1n) is 35.5. The number of anilines is 4. The molecular weight excluding hydrogens is 1880 g/mol. The third-order valence-corrected chi connectivity index (χ3v) is 22.6. The zero-order chi connectivity index (χ0) is 72.5. The van der Waals surface area contributed by atoms with Crippen molar-refractivity contribution >= 4 is 182 Å². The fraction of sp³-hybridized carbons (Fsp3) is 0.603. The number of hydrogen-bond acceptors (Lipinski definition) is 22. The van der Waals surface area contributed by atoms with E-state index in [1.54, 1.807) is 12.3 Å². The minimum Gasteiger partial charge on any atom is -0.462 e. The summed E-state index contributed by atoms with van der Waals surface area (Å²) in [5, 5.41) is 10.5. The number of halogens is 7. The van der Waals surface area contributed by atoms with Crippen molar-refractivity contribution in [2.24, 2.45) is 0 Å². The van der Waals surface area contributed by atoms with E-state index in [1.807, 2.05) is 71.1 Å². The maximum absolute atomic E-state index is 12.4. The number of rotatable bonds is 7. The highest BCUT2D eigenvalue weighted by Gasteiger charge is 2.48. The first kappa shape index (κ1) is 86.7. The number of pyridine rings is 5. The summed E-state index contributed by atoms with van der Waals surface area (Å²) >= 11 is 17.2. The van der Waals surface area contributed by atoms with Gasteiger partial charge in [-0.25, -0.2) is 29.7 Å². The summed E-state index contributed by atoms with van der Waals surface area (Å²) < 4.78 is 37.3. The topological polar surface area (TPSA) is 194 Å². The summed E-state index contributed by atoms with van der Waals surface area (Å²) in [6.07, 6.45) is 27.1. The van der Waals surface area contributed by atoms with Crippen molar-refractivity contribution in [2.45, 2.75) is 189 Å². The third-order valence-electron chi connectivity index (χ3n) is 20.0. The molecule has 12 aliphatic rings. The summed E-state index contributed by atoms with van der Waals surface area (Å²) in [7, 11) is 0.917. The van der Waals surface area contributed by atoms with Crippen molar-refractivity contribution in [2.75, 3.05) is 111 Å². The van der Waals surface area contributed by atoms with Gasteiger partial charge >= 0.3 is 6.09 Å². The van der Waals surface area contributed by atoms with Crippen LogP contribution in [0.25, 0.3) is 0 Å². The Balaban J connectivity index is 0.000000157. The van der Waals surface area contributed by atoms with E-state index < -0.39 is 11.5 Å². The molecule has 17 rings (SSSR count). The molecule has 5 aromatic heterocycles. The number of terminal acetylenes is 1. The standard InChI is InChI=1S/C16H22IN3O2.C16H19N3O.C14H18IN3O.C11H14IN3.C6H12N2.C5H3FIN.C5H10O2.2ClH.S3/c1-16(2,3)22-15(21)20-12-5-6-13(20)10-19(9-12)14-7-4-11(17)8-18-14;1-2-12-3-6-16(17-7-12)18-8-13-4-5-14(9-18)19(13)15-10-20-11-15;15-10-1-4-14(16-5-10)17-6-11-2-3-12(7-17)18(11)13-8-19-9-13;12-8-1-4-11(13-5-8)15-6-9-2-3-10(7-15)14-9;1-2-6-4-7-3-5(1)8-6;6-5-2-1-4(7)3-8-5;1-5(2,3)7-4-6;;;1-3-2/h4,7-8,12-13H,5-6,9-10H2,1-3H3;1,3,6-7,13-15H,4-5,8-11H2;1,4-5,11-13H,2-3,6-9H2;1,4-5,9-10,14H,2-3,6-7H2;5-8H,1-4H2;1-3H;4H,1-3H3;2*1H;. The van der Waals surface area contributed by atoms with Crippen LogP contribution in [0.4, 0.5) is 32.5 Å².